The van der Waals surface area contributed by atoms with Gasteiger partial charge in [-0.3, -0.25) is 0 Å². The predicted octanol–water partition coefficient (Wildman–Crippen LogP) is 4.47. The average molecular weight is 269 g/mol. The van der Waals surface area contributed by atoms with Crippen LogP contribution in [0.2, 0.25) is 0 Å². The van der Waals surface area contributed by atoms with E-state index in [1.807, 2.05) is 7.05 Å². The van der Waals surface area contributed by atoms with E-state index >= 15 is 0 Å². The topological polar surface area (TPSA) is 21.3 Å². The molecule has 0 heterocycles. The average Bonchev–Trinajstić information content (AvgIpc) is 2.46. The number of allylic oxidation sites excluding steroid dienone is 1. The number of rotatable bonds is 5. The molecule has 1 unspecified atom stereocenters. The molecule has 2 heteroatoms. The lowest BCUT2D eigenvalue weighted by Gasteiger charge is -2.18. The number of hydrogen-bond acceptors (Lipinski definition) is 2. The first-order chi connectivity index (χ1) is 9.63. The van der Waals surface area contributed by atoms with Gasteiger partial charge in [0.05, 0.1) is 0 Å². The van der Waals surface area contributed by atoms with Crippen molar-refractivity contribution in [1.82, 2.24) is 5.32 Å². The van der Waals surface area contributed by atoms with E-state index in [1.165, 1.54) is 21.9 Å². The van der Waals surface area contributed by atoms with Crippen molar-refractivity contribution in [1.29, 1.82) is 0 Å². The lowest BCUT2D eigenvalue weighted by atomic mass is 10.0. The van der Waals surface area contributed by atoms with E-state index in [9.17, 15) is 0 Å². The van der Waals surface area contributed by atoms with Crippen molar-refractivity contribution < 1.29 is 4.74 Å². The first-order valence-electron chi connectivity index (χ1n) is 7.08. The van der Waals surface area contributed by atoms with Crippen LogP contribution in [0.1, 0.15) is 32.4 Å². The van der Waals surface area contributed by atoms with Gasteiger partial charge in [0, 0.05) is 17.0 Å². The molecule has 0 spiro atoms. The Balaban J connectivity index is 2.47. The lowest BCUT2D eigenvalue weighted by molar-refractivity contribution is 0.358. The van der Waals surface area contributed by atoms with Crippen LogP contribution >= 0.6 is 0 Å². The second-order valence-electron chi connectivity index (χ2n) is 5.31. The fourth-order valence-corrected chi connectivity index (χ4v) is 2.21. The predicted molar refractivity (Wildman–Crippen MR) is 86.3 cm³/mol. The zero-order chi connectivity index (χ0) is 14.5. The highest BCUT2D eigenvalue weighted by Gasteiger charge is 2.13. The van der Waals surface area contributed by atoms with Crippen molar-refractivity contribution >= 4 is 10.8 Å². The Morgan fingerprint density at radius 2 is 1.95 bits per heavy atom. The fourth-order valence-electron chi connectivity index (χ4n) is 2.21. The standard InChI is InChI=1S/C18H23NO/c1-13(2)11-12-20-18-16(14(3)19-4)10-9-15-7-5-6-8-17(15)18/h5-11,14,19H,12H2,1-4H3. The van der Waals surface area contributed by atoms with Crippen molar-refractivity contribution in [3.63, 3.8) is 0 Å². The van der Waals surface area contributed by atoms with Gasteiger partial charge in [-0.25, -0.2) is 0 Å². The Morgan fingerprint density at radius 1 is 1.20 bits per heavy atom. The number of nitrogens with one attached hydrogen (secondary N) is 1. The molecule has 0 aliphatic carbocycles. The third-order valence-electron chi connectivity index (χ3n) is 3.53. The molecule has 0 saturated carbocycles. The largest absolute Gasteiger partial charge is 0.489 e. The number of fused-ring (bicyclic) bond motifs is 1. The van der Waals surface area contributed by atoms with Gasteiger partial charge in [0.25, 0.3) is 0 Å². The highest BCUT2D eigenvalue weighted by molar-refractivity contribution is 5.89. The molecule has 0 aliphatic heterocycles. The quantitative estimate of drug-likeness (QED) is 0.809. The number of benzene rings is 2. The Hall–Kier alpha value is -1.80. The van der Waals surface area contributed by atoms with Crippen molar-refractivity contribution in [2.75, 3.05) is 13.7 Å². The van der Waals surface area contributed by atoms with Crippen molar-refractivity contribution in [2.24, 2.45) is 0 Å². The molecule has 0 aromatic heterocycles. The van der Waals surface area contributed by atoms with Gasteiger partial charge in [-0.15, -0.1) is 0 Å². The zero-order valence-corrected chi connectivity index (χ0v) is 12.7. The molecule has 0 fully saturated rings. The molecule has 106 valence electrons. The van der Waals surface area contributed by atoms with E-state index in [1.54, 1.807) is 0 Å². The minimum absolute atomic E-state index is 0.265. The van der Waals surface area contributed by atoms with Crippen LogP contribution in [0.4, 0.5) is 0 Å². The third kappa shape index (κ3) is 3.20. The minimum atomic E-state index is 0.265. The van der Waals surface area contributed by atoms with Crippen LogP contribution in [-0.4, -0.2) is 13.7 Å². The normalized spacial score (nSPS) is 12.2. The summed E-state index contributed by atoms with van der Waals surface area (Å²) >= 11 is 0. The van der Waals surface area contributed by atoms with Crippen LogP contribution in [0.15, 0.2) is 48.0 Å². The van der Waals surface area contributed by atoms with Crippen LogP contribution in [0.25, 0.3) is 10.8 Å². The summed E-state index contributed by atoms with van der Waals surface area (Å²) in [6.45, 7) is 6.94. The molecule has 1 atom stereocenters. The molecule has 2 aromatic rings. The lowest BCUT2D eigenvalue weighted by Crippen LogP contribution is -2.14. The first-order valence-corrected chi connectivity index (χ1v) is 7.08. The second-order valence-corrected chi connectivity index (χ2v) is 5.31. The summed E-state index contributed by atoms with van der Waals surface area (Å²) in [6.07, 6.45) is 2.11. The molecular formula is C18H23NO. The van der Waals surface area contributed by atoms with Crippen molar-refractivity contribution in [2.45, 2.75) is 26.8 Å². The minimum Gasteiger partial charge on any atom is -0.489 e. The summed E-state index contributed by atoms with van der Waals surface area (Å²) in [4.78, 5) is 0. The SMILES string of the molecule is CNC(C)c1ccc2ccccc2c1OCC=C(C)C. The molecule has 1 N–H and O–H groups in total. The maximum atomic E-state index is 6.07. The molecule has 0 saturated heterocycles. The molecule has 2 rings (SSSR count). The Kier molecular flexibility index (Phi) is 4.80. The summed E-state index contributed by atoms with van der Waals surface area (Å²) in [6, 6.07) is 12.9. The van der Waals surface area contributed by atoms with Gasteiger partial charge in [-0.05, 0) is 39.3 Å². The second kappa shape index (κ2) is 6.58. The summed E-state index contributed by atoms with van der Waals surface area (Å²) in [7, 11) is 1.97. The monoisotopic (exact) mass is 269 g/mol. The molecule has 0 bridgehead atoms. The maximum absolute atomic E-state index is 6.07. The van der Waals surface area contributed by atoms with Crippen molar-refractivity contribution in [3.05, 3.63) is 53.6 Å². The smallest absolute Gasteiger partial charge is 0.132 e. The summed E-state index contributed by atoms with van der Waals surface area (Å²) in [5, 5.41) is 5.68. The van der Waals surface area contributed by atoms with Crippen LogP contribution in [0.3, 0.4) is 0 Å². The van der Waals surface area contributed by atoms with Crippen LogP contribution < -0.4 is 10.1 Å². The van der Waals surface area contributed by atoms with Gasteiger partial charge in [0.1, 0.15) is 12.4 Å². The van der Waals surface area contributed by atoms with Gasteiger partial charge in [0.2, 0.25) is 0 Å². The van der Waals surface area contributed by atoms with E-state index in [0.29, 0.717) is 6.61 Å². The number of ether oxygens (including phenoxy) is 1. The molecular weight excluding hydrogens is 246 g/mol. The van der Waals surface area contributed by atoms with Gasteiger partial charge in [-0.2, -0.15) is 0 Å². The molecule has 0 radical (unpaired) electrons. The molecule has 2 nitrogen and oxygen atoms in total. The van der Waals surface area contributed by atoms with E-state index in [-0.39, 0.29) is 6.04 Å². The van der Waals surface area contributed by atoms with Gasteiger partial charge in [-0.1, -0.05) is 42.0 Å². The Labute approximate surface area is 121 Å². The van der Waals surface area contributed by atoms with Gasteiger partial charge >= 0.3 is 0 Å². The van der Waals surface area contributed by atoms with Crippen LogP contribution in [-0.2, 0) is 0 Å². The van der Waals surface area contributed by atoms with E-state index in [0.717, 1.165) is 5.75 Å². The molecule has 0 amide bonds. The third-order valence-corrected chi connectivity index (χ3v) is 3.53. The van der Waals surface area contributed by atoms with E-state index < -0.39 is 0 Å². The highest BCUT2D eigenvalue weighted by Crippen LogP contribution is 2.33. The molecule has 0 aliphatic rings. The van der Waals surface area contributed by atoms with Crippen LogP contribution in [0.5, 0.6) is 5.75 Å². The van der Waals surface area contributed by atoms with E-state index in [2.05, 4.69) is 68.6 Å². The Morgan fingerprint density at radius 3 is 2.65 bits per heavy atom. The molecule has 20 heavy (non-hydrogen) atoms. The Bertz CT molecular complexity index is 612. The highest BCUT2D eigenvalue weighted by atomic mass is 16.5. The van der Waals surface area contributed by atoms with Gasteiger partial charge in [0.15, 0.2) is 0 Å². The van der Waals surface area contributed by atoms with E-state index in [4.69, 9.17) is 4.74 Å². The molecule has 2 aromatic carbocycles. The first kappa shape index (κ1) is 14.6. The summed E-state index contributed by atoms with van der Waals surface area (Å²) < 4.78 is 6.07. The maximum Gasteiger partial charge on any atom is 0.132 e. The zero-order valence-electron chi connectivity index (χ0n) is 12.7. The number of hydrogen-bond donors (Lipinski definition) is 1. The summed E-state index contributed by atoms with van der Waals surface area (Å²) in [5.41, 5.74) is 2.47. The van der Waals surface area contributed by atoms with Gasteiger partial charge < -0.3 is 10.1 Å². The van der Waals surface area contributed by atoms with Crippen LogP contribution in [0, 0.1) is 0 Å². The fraction of sp³-hybridized carbons (Fsp3) is 0.333. The summed E-state index contributed by atoms with van der Waals surface area (Å²) in [5.74, 6) is 0.988. The van der Waals surface area contributed by atoms with Crippen molar-refractivity contribution in [3.8, 4) is 5.75 Å².